The van der Waals surface area contributed by atoms with E-state index in [0.717, 1.165) is 35.6 Å². The van der Waals surface area contributed by atoms with Crippen LogP contribution in [0.25, 0.3) is 11.3 Å². The third kappa shape index (κ3) is 3.48. The average molecular weight is 331 g/mol. The van der Waals surface area contributed by atoms with E-state index in [0.29, 0.717) is 13.0 Å². The van der Waals surface area contributed by atoms with Crippen LogP contribution in [0.3, 0.4) is 0 Å². The second kappa shape index (κ2) is 6.93. The zero-order valence-corrected chi connectivity index (χ0v) is 14.0. The van der Waals surface area contributed by atoms with Gasteiger partial charge in [-0.3, -0.25) is 4.79 Å². The summed E-state index contributed by atoms with van der Waals surface area (Å²) in [6.07, 6.45) is 2.37. The molecule has 1 unspecified atom stereocenters. The summed E-state index contributed by atoms with van der Waals surface area (Å²) >= 11 is 0. The summed E-state index contributed by atoms with van der Waals surface area (Å²) in [6.45, 7) is 0.665. The van der Waals surface area contributed by atoms with Gasteiger partial charge in [0, 0.05) is 30.1 Å². The number of benzene rings is 2. The first-order chi connectivity index (χ1) is 12.3. The number of carbonyl (C=O) groups excluding carboxylic acids is 1. The Balaban J connectivity index is 1.63. The summed E-state index contributed by atoms with van der Waals surface area (Å²) in [5.74, 6) is 1.16. The highest BCUT2D eigenvalue weighted by Crippen LogP contribution is 2.28. The van der Waals surface area contributed by atoms with Crippen LogP contribution in [0.15, 0.2) is 60.7 Å². The molecule has 25 heavy (non-hydrogen) atoms. The summed E-state index contributed by atoms with van der Waals surface area (Å²) in [7, 11) is 0. The number of imidazole rings is 1. The molecule has 0 saturated carbocycles. The smallest absolute Gasteiger partial charge is 0.220 e. The fourth-order valence-corrected chi connectivity index (χ4v) is 3.35. The molecule has 0 bridgehead atoms. The fraction of sp³-hybridized carbons (Fsp3) is 0.238. The van der Waals surface area contributed by atoms with Crippen molar-refractivity contribution in [2.45, 2.75) is 25.2 Å². The van der Waals surface area contributed by atoms with E-state index < -0.39 is 0 Å². The molecule has 126 valence electrons. The molecule has 4 rings (SSSR count). The molecule has 4 heteroatoms. The molecular formula is C21H21N3O. The molecule has 2 aromatic carbocycles. The quantitative estimate of drug-likeness (QED) is 0.752. The van der Waals surface area contributed by atoms with E-state index in [1.807, 2.05) is 24.3 Å². The first kappa shape index (κ1) is 15.6. The van der Waals surface area contributed by atoms with Gasteiger partial charge < -0.3 is 10.3 Å². The van der Waals surface area contributed by atoms with Crippen LogP contribution in [0, 0.1) is 0 Å². The molecule has 4 nitrogen and oxygen atoms in total. The Bertz CT molecular complexity index is 855. The van der Waals surface area contributed by atoms with Gasteiger partial charge in [0.25, 0.3) is 0 Å². The topological polar surface area (TPSA) is 57.8 Å². The summed E-state index contributed by atoms with van der Waals surface area (Å²) in [6, 6.07) is 20.7. The van der Waals surface area contributed by atoms with Crippen molar-refractivity contribution in [1.82, 2.24) is 15.3 Å². The minimum absolute atomic E-state index is 0.105. The Morgan fingerprint density at radius 2 is 1.68 bits per heavy atom. The summed E-state index contributed by atoms with van der Waals surface area (Å²) in [4.78, 5) is 19.9. The highest BCUT2D eigenvalue weighted by Gasteiger charge is 2.27. The number of nitrogens with zero attached hydrogens (tertiary/aromatic N) is 1. The number of hydrogen-bond acceptors (Lipinski definition) is 2. The molecule has 1 aliphatic heterocycles. The number of nitrogens with one attached hydrogen (secondary N) is 2. The molecule has 3 aromatic rings. The Hall–Kier alpha value is -2.88. The lowest BCUT2D eigenvalue weighted by atomic mass is 10.0. The minimum Gasteiger partial charge on any atom is -0.355 e. The maximum atomic E-state index is 11.5. The van der Waals surface area contributed by atoms with Crippen LogP contribution in [0.2, 0.25) is 0 Å². The van der Waals surface area contributed by atoms with E-state index >= 15 is 0 Å². The van der Waals surface area contributed by atoms with Crippen molar-refractivity contribution in [3.8, 4) is 11.3 Å². The van der Waals surface area contributed by atoms with E-state index in [-0.39, 0.29) is 11.8 Å². The number of amides is 1. The fourth-order valence-electron chi connectivity index (χ4n) is 3.35. The SMILES string of the molecule is O=C1CC(c2nc(-c3ccccc3)c(CCc3ccccc3)[nH]2)CN1. The van der Waals surface area contributed by atoms with E-state index in [2.05, 4.69) is 46.7 Å². The number of rotatable bonds is 5. The molecule has 1 atom stereocenters. The lowest BCUT2D eigenvalue weighted by molar-refractivity contribution is -0.119. The summed E-state index contributed by atoms with van der Waals surface area (Å²) in [5.41, 5.74) is 4.58. The average Bonchev–Trinajstić information content (AvgIpc) is 3.28. The number of aryl methyl sites for hydroxylation is 2. The molecule has 1 aliphatic rings. The predicted octanol–water partition coefficient (Wildman–Crippen LogP) is 3.47. The molecule has 1 fully saturated rings. The second-order valence-electron chi connectivity index (χ2n) is 6.51. The molecule has 0 aliphatic carbocycles. The van der Waals surface area contributed by atoms with Crippen LogP contribution in [-0.4, -0.2) is 22.4 Å². The van der Waals surface area contributed by atoms with Crippen LogP contribution < -0.4 is 5.32 Å². The van der Waals surface area contributed by atoms with Crippen LogP contribution in [0.4, 0.5) is 0 Å². The summed E-state index contributed by atoms with van der Waals surface area (Å²) < 4.78 is 0. The maximum absolute atomic E-state index is 11.5. The van der Waals surface area contributed by atoms with Crippen molar-refractivity contribution >= 4 is 5.91 Å². The number of aromatic nitrogens is 2. The number of H-pyrrole nitrogens is 1. The normalized spacial score (nSPS) is 16.8. The van der Waals surface area contributed by atoms with Crippen molar-refractivity contribution in [3.05, 3.63) is 77.7 Å². The molecule has 2 N–H and O–H groups in total. The van der Waals surface area contributed by atoms with Gasteiger partial charge in [-0.25, -0.2) is 4.98 Å². The van der Waals surface area contributed by atoms with Gasteiger partial charge in [0.15, 0.2) is 0 Å². The van der Waals surface area contributed by atoms with Crippen LogP contribution in [0.1, 0.15) is 29.4 Å². The standard InChI is InChI=1S/C21H21N3O/c25-19-13-17(14-22-19)21-23-18(12-11-15-7-3-1-4-8-15)20(24-21)16-9-5-2-6-10-16/h1-10,17H,11-14H2,(H,22,25)(H,23,24). The molecule has 1 amide bonds. The van der Waals surface area contributed by atoms with Crippen LogP contribution in [0.5, 0.6) is 0 Å². The van der Waals surface area contributed by atoms with Crippen LogP contribution >= 0.6 is 0 Å². The third-order valence-electron chi connectivity index (χ3n) is 4.71. The van der Waals surface area contributed by atoms with Gasteiger partial charge in [-0.2, -0.15) is 0 Å². The van der Waals surface area contributed by atoms with Gasteiger partial charge in [-0.1, -0.05) is 60.7 Å². The van der Waals surface area contributed by atoms with Gasteiger partial charge in [-0.05, 0) is 18.4 Å². The van der Waals surface area contributed by atoms with Crippen molar-refractivity contribution in [2.24, 2.45) is 0 Å². The molecular weight excluding hydrogens is 310 g/mol. The Labute approximate surface area is 147 Å². The largest absolute Gasteiger partial charge is 0.355 e. The van der Waals surface area contributed by atoms with E-state index in [4.69, 9.17) is 4.98 Å². The van der Waals surface area contributed by atoms with Crippen molar-refractivity contribution in [1.29, 1.82) is 0 Å². The van der Waals surface area contributed by atoms with E-state index in [1.165, 1.54) is 5.56 Å². The van der Waals surface area contributed by atoms with E-state index in [9.17, 15) is 4.79 Å². The lowest BCUT2D eigenvalue weighted by Gasteiger charge is -2.03. The zero-order valence-electron chi connectivity index (χ0n) is 14.0. The Morgan fingerprint density at radius 3 is 2.36 bits per heavy atom. The number of hydrogen-bond donors (Lipinski definition) is 2. The molecule has 1 aromatic heterocycles. The lowest BCUT2D eigenvalue weighted by Crippen LogP contribution is -2.13. The second-order valence-corrected chi connectivity index (χ2v) is 6.51. The third-order valence-corrected chi connectivity index (χ3v) is 4.71. The Kier molecular flexibility index (Phi) is 4.34. The predicted molar refractivity (Wildman–Crippen MR) is 98.2 cm³/mol. The van der Waals surface area contributed by atoms with Crippen molar-refractivity contribution < 1.29 is 4.79 Å². The van der Waals surface area contributed by atoms with Crippen LogP contribution in [-0.2, 0) is 17.6 Å². The maximum Gasteiger partial charge on any atom is 0.220 e. The monoisotopic (exact) mass is 331 g/mol. The minimum atomic E-state index is 0.105. The number of aromatic amines is 1. The molecule has 0 radical (unpaired) electrons. The highest BCUT2D eigenvalue weighted by atomic mass is 16.1. The first-order valence-electron chi connectivity index (χ1n) is 8.74. The number of carbonyl (C=O) groups is 1. The Morgan fingerprint density at radius 1 is 0.960 bits per heavy atom. The summed E-state index contributed by atoms with van der Waals surface area (Å²) in [5, 5.41) is 2.90. The molecule has 2 heterocycles. The van der Waals surface area contributed by atoms with Crippen molar-refractivity contribution in [3.63, 3.8) is 0 Å². The van der Waals surface area contributed by atoms with Gasteiger partial charge in [0.1, 0.15) is 5.82 Å². The molecule has 1 saturated heterocycles. The van der Waals surface area contributed by atoms with E-state index in [1.54, 1.807) is 0 Å². The molecule has 0 spiro atoms. The zero-order chi connectivity index (χ0) is 17.1. The highest BCUT2D eigenvalue weighted by molar-refractivity contribution is 5.79. The van der Waals surface area contributed by atoms with Gasteiger partial charge >= 0.3 is 0 Å². The first-order valence-corrected chi connectivity index (χ1v) is 8.74. The van der Waals surface area contributed by atoms with Gasteiger partial charge in [-0.15, -0.1) is 0 Å². The van der Waals surface area contributed by atoms with Gasteiger partial charge in [0.05, 0.1) is 5.69 Å². The van der Waals surface area contributed by atoms with Crippen molar-refractivity contribution in [2.75, 3.05) is 6.54 Å². The van der Waals surface area contributed by atoms with Gasteiger partial charge in [0.2, 0.25) is 5.91 Å².